The molecule has 56 heavy (non-hydrogen) atoms. The number of anilines is 1. The van der Waals surface area contributed by atoms with Gasteiger partial charge in [-0.25, -0.2) is 4.79 Å². The van der Waals surface area contributed by atoms with Gasteiger partial charge in [0, 0.05) is 46.1 Å². The normalized spacial score (nSPS) is 18.8. The average molecular weight is 759 g/mol. The van der Waals surface area contributed by atoms with E-state index in [0.29, 0.717) is 58.1 Å². The van der Waals surface area contributed by atoms with Gasteiger partial charge in [0.2, 0.25) is 5.72 Å². The smallest absolute Gasteiger partial charge is 0.463 e. The largest absolute Gasteiger partial charge is 0.677 e. The van der Waals surface area contributed by atoms with Crippen molar-refractivity contribution in [1.29, 1.82) is 0 Å². The first-order chi connectivity index (χ1) is 26.7. The lowest BCUT2D eigenvalue weighted by Gasteiger charge is -2.47. The van der Waals surface area contributed by atoms with Crippen LogP contribution in [-0.4, -0.2) is 47.4 Å². The van der Waals surface area contributed by atoms with Crippen molar-refractivity contribution in [2.45, 2.75) is 79.4 Å². The van der Waals surface area contributed by atoms with Gasteiger partial charge in [0.05, 0.1) is 28.1 Å². The van der Waals surface area contributed by atoms with Crippen LogP contribution in [0.2, 0.25) is 0 Å². The molecular formula is C44H45BF2N4O5. The molecule has 0 bridgehead atoms. The molecule has 3 aliphatic rings. The first-order valence-corrected chi connectivity index (χ1v) is 19.0. The minimum atomic E-state index is -2.76. The molecule has 288 valence electrons. The molecule has 0 saturated carbocycles. The van der Waals surface area contributed by atoms with Crippen molar-refractivity contribution in [3.8, 4) is 5.75 Å². The van der Waals surface area contributed by atoms with Gasteiger partial charge in [0.25, 0.3) is 5.69 Å². The predicted octanol–water partition coefficient (Wildman–Crippen LogP) is 10.1. The Labute approximate surface area is 326 Å². The van der Waals surface area contributed by atoms with Gasteiger partial charge < -0.3 is 18.9 Å². The Balaban J connectivity index is 1.18. The number of allylic oxidation sites excluding steroid dienone is 2. The molecule has 1 aromatic heterocycles. The number of nitro benzene ring substituents is 1. The third-order valence-corrected chi connectivity index (χ3v) is 11.8. The molecule has 0 aliphatic carbocycles. The molecule has 9 nitrogen and oxygen atoms in total. The van der Waals surface area contributed by atoms with Gasteiger partial charge in [-0.1, -0.05) is 44.2 Å². The molecule has 0 radical (unpaired) electrons. The van der Waals surface area contributed by atoms with E-state index in [1.165, 1.54) is 12.1 Å². The van der Waals surface area contributed by atoms with Gasteiger partial charge in [-0.3, -0.25) is 23.7 Å². The standard InChI is InChI=1S/C44H45BF2N4O5/c1-9-34-26(3)40(48-28(34)5)39(41-27(4)35(10-2)29(6)50(41)45(46)47)30-15-17-31(18-16-30)42(52)55-24-23-49-37-14-12-11-13-36(37)43(7,8)44(49)22-21-32-25-33(51(53)54)19-20-38(32)56-44/h11-22,25H,9-10,23-24H2,1-8H3/b40-39-. The van der Waals surface area contributed by atoms with E-state index in [-0.39, 0.29) is 12.3 Å². The van der Waals surface area contributed by atoms with E-state index in [0.717, 1.165) is 50.1 Å². The molecule has 3 aromatic carbocycles. The Hall–Kier alpha value is -5.78. The number of non-ortho nitro benzene ring substituents is 1. The molecule has 0 amide bonds. The van der Waals surface area contributed by atoms with Crippen LogP contribution in [0.15, 0.2) is 94.6 Å². The summed E-state index contributed by atoms with van der Waals surface area (Å²) in [5, 5.41) is 11.4. The minimum Gasteiger partial charge on any atom is -0.463 e. The number of hydrogen-bond donors (Lipinski definition) is 0. The Morgan fingerprint density at radius 3 is 2.32 bits per heavy atom. The highest BCUT2D eigenvalue weighted by molar-refractivity contribution is 6.41. The number of benzene rings is 3. The van der Waals surface area contributed by atoms with Gasteiger partial charge in [0.1, 0.15) is 12.4 Å². The molecular weight excluding hydrogens is 713 g/mol. The summed E-state index contributed by atoms with van der Waals surface area (Å²) in [7, 11) is -2.76. The van der Waals surface area contributed by atoms with Crippen molar-refractivity contribution in [2.75, 3.05) is 18.1 Å². The van der Waals surface area contributed by atoms with E-state index >= 15 is 0 Å². The summed E-state index contributed by atoms with van der Waals surface area (Å²) in [4.78, 5) is 31.6. The first-order valence-electron chi connectivity index (χ1n) is 19.0. The highest BCUT2D eigenvalue weighted by Gasteiger charge is 2.58. The SMILES string of the molecule is CCC1=C(C)/C(=C(\c2ccc(C(=O)OCCN3c4ccccc4C(C)(C)C34C=Cc3cc([N+](=O)[O-])ccc3O4)cc2)c2c(C)c(CC)c(C)n2B(F)F)N=C1C. The van der Waals surface area contributed by atoms with Crippen LogP contribution in [0.3, 0.4) is 0 Å². The van der Waals surface area contributed by atoms with E-state index < -0.39 is 29.4 Å². The Bertz CT molecular complexity index is 2410. The van der Waals surface area contributed by atoms with Crippen molar-refractivity contribution >= 4 is 42.1 Å². The summed E-state index contributed by atoms with van der Waals surface area (Å²) in [6, 6.07) is 19.4. The molecule has 7 rings (SSSR count). The van der Waals surface area contributed by atoms with Gasteiger partial charge in [-0.2, -0.15) is 0 Å². The van der Waals surface area contributed by atoms with E-state index in [1.807, 2.05) is 58.0 Å². The Morgan fingerprint density at radius 1 is 0.982 bits per heavy atom. The monoisotopic (exact) mass is 758 g/mol. The third-order valence-electron chi connectivity index (χ3n) is 11.8. The molecule has 0 saturated heterocycles. The number of para-hydroxylation sites is 1. The molecule has 3 aliphatic heterocycles. The van der Waals surface area contributed by atoms with Crippen LogP contribution in [-0.2, 0) is 16.6 Å². The number of carbonyl (C=O) groups is 1. The number of ether oxygens (including phenoxy) is 2. The molecule has 1 spiro atoms. The summed E-state index contributed by atoms with van der Waals surface area (Å²) in [6.07, 6.45) is 5.15. The number of esters is 1. The van der Waals surface area contributed by atoms with Crippen LogP contribution in [0.25, 0.3) is 11.6 Å². The second kappa shape index (κ2) is 14.4. The summed E-state index contributed by atoms with van der Waals surface area (Å²) >= 11 is 0. The number of nitrogens with zero attached hydrogens (tertiary/aromatic N) is 4. The van der Waals surface area contributed by atoms with Crippen LogP contribution in [0.5, 0.6) is 5.75 Å². The summed E-state index contributed by atoms with van der Waals surface area (Å²) < 4.78 is 43.4. The number of fused-ring (bicyclic) bond motifs is 2. The van der Waals surface area contributed by atoms with Crippen molar-refractivity contribution in [2.24, 2.45) is 4.99 Å². The van der Waals surface area contributed by atoms with Crippen molar-refractivity contribution in [1.82, 2.24) is 4.48 Å². The fourth-order valence-corrected chi connectivity index (χ4v) is 8.94. The fraction of sp³-hybridized carbons (Fsp3) is 0.318. The van der Waals surface area contributed by atoms with Crippen molar-refractivity contribution in [3.63, 3.8) is 0 Å². The zero-order valence-corrected chi connectivity index (χ0v) is 33.0. The molecule has 4 heterocycles. The fourth-order valence-electron chi connectivity index (χ4n) is 8.94. The van der Waals surface area contributed by atoms with Gasteiger partial charge >= 0.3 is 13.4 Å². The number of halogens is 2. The van der Waals surface area contributed by atoms with Crippen molar-refractivity contribution < 1.29 is 27.8 Å². The van der Waals surface area contributed by atoms with E-state index in [2.05, 4.69) is 31.7 Å². The average Bonchev–Trinajstić information content (AvgIpc) is 3.67. The predicted molar refractivity (Wildman–Crippen MR) is 218 cm³/mol. The molecule has 1 atom stereocenters. The molecule has 1 unspecified atom stereocenters. The number of rotatable bonds is 10. The third kappa shape index (κ3) is 5.97. The molecule has 0 N–H and O–H groups in total. The number of aliphatic imine (C=N–C) groups is 1. The second-order valence-electron chi connectivity index (χ2n) is 15.0. The van der Waals surface area contributed by atoms with Gasteiger partial charge in [-0.15, -0.1) is 0 Å². The molecule has 4 aromatic rings. The highest BCUT2D eigenvalue weighted by Crippen LogP contribution is 2.55. The molecule has 0 fully saturated rings. The number of hydrogen-bond acceptors (Lipinski definition) is 7. The van der Waals surface area contributed by atoms with Crippen LogP contribution in [0, 0.1) is 24.0 Å². The minimum absolute atomic E-state index is 0.0232. The number of carbonyl (C=O) groups excluding carboxylic acids is 1. The number of aromatic nitrogens is 1. The van der Waals surface area contributed by atoms with Crippen LogP contribution >= 0.6 is 0 Å². The van der Waals surface area contributed by atoms with Crippen molar-refractivity contribution in [3.05, 3.63) is 145 Å². The Morgan fingerprint density at radius 2 is 1.68 bits per heavy atom. The maximum absolute atomic E-state index is 14.8. The van der Waals surface area contributed by atoms with E-state index in [1.54, 1.807) is 37.3 Å². The summed E-state index contributed by atoms with van der Waals surface area (Å²) in [5.74, 6) is -0.0119. The lowest BCUT2D eigenvalue weighted by atomic mass is 9.76. The summed E-state index contributed by atoms with van der Waals surface area (Å²) in [6.45, 7) is 16.1. The quantitative estimate of drug-likeness (QED) is 0.0691. The maximum Gasteiger partial charge on any atom is 0.677 e. The first kappa shape index (κ1) is 38.5. The summed E-state index contributed by atoms with van der Waals surface area (Å²) in [5.41, 5.74) is 8.76. The zero-order valence-electron chi connectivity index (χ0n) is 33.0. The lowest BCUT2D eigenvalue weighted by molar-refractivity contribution is -0.384. The Kier molecular flexibility index (Phi) is 9.89. The van der Waals surface area contributed by atoms with E-state index in [9.17, 15) is 23.5 Å². The van der Waals surface area contributed by atoms with E-state index in [4.69, 9.17) is 14.5 Å². The van der Waals surface area contributed by atoms with Crippen LogP contribution in [0.1, 0.15) is 97.5 Å². The van der Waals surface area contributed by atoms with Crippen LogP contribution < -0.4 is 9.64 Å². The number of nitro groups is 1. The van der Waals surface area contributed by atoms with Gasteiger partial charge in [-0.05, 0) is 124 Å². The van der Waals surface area contributed by atoms with Crippen LogP contribution in [0.4, 0.5) is 20.0 Å². The lowest BCUT2D eigenvalue weighted by Crippen LogP contribution is -2.60. The second-order valence-corrected chi connectivity index (χ2v) is 15.0. The topological polar surface area (TPSA) is 99.2 Å². The highest BCUT2D eigenvalue weighted by atomic mass is 19.2. The molecule has 12 heteroatoms. The maximum atomic E-state index is 14.8. The zero-order chi connectivity index (χ0) is 40.3. The van der Waals surface area contributed by atoms with Gasteiger partial charge in [0.15, 0.2) is 0 Å².